The topological polar surface area (TPSA) is 117 Å². The van der Waals surface area contributed by atoms with E-state index < -0.39 is 18.0 Å². The minimum atomic E-state index is -1.17. The number of aliphatic carboxylic acids is 1. The Labute approximate surface area is 118 Å². The van der Waals surface area contributed by atoms with E-state index in [0.717, 1.165) is 12.8 Å². The zero-order valence-corrected chi connectivity index (χ0v) is 11.8. The van der Waals surface area contributed by atoms with Gasteiger partial charge in [0.15, 0.2) is 0 Å². The number of carboxylic acid groups (broad SMARTS) is 1. The van der Waals surface area contributed by atoms with E-state index in [4.69, 9.17) is 19.7 Å². The number of rotatable bonds is 12. The molecule has 0 bridgehead atoms. The number of carbonyl (C=O) groups excluding carboxylic acids is 1. The first-order chi connectivity index (χ1) is 9.61. The van der Waals surface area contributed by atoms with Crippen LogP contribution in [0.2, 0.25) is 0 Å². The summed E-state index contributed by atoms with van der Waals surface area (Å²) >= 11 is 0. The van der Waals surface area contributed by atoms with Gasteiger partial charge in [0, 0.05) is 33.3 Å². The zero-order valence-electron chi connectivity index (χ0n) is 11.8. The molecule has 0 aromatic rings. The van der Waals surface area contributed by atoms with Crippen molar-refractivity contribution >= 4 is 12.0 Å². The van der Waals surface area contributed by atoms with Crippen LogP contribution in [0, 0.1) is 0 Å². The third-order valence-corrected chi connectivity index (χ3v) is 2.45. The van der Waals surface area contributed by atoms with Gasteiger partial charge in [-0.25, -0.2) is 9.59 Å². The van der Waals surface area contributed by atoms with Crippen LogP contribution in [0.25, 0.3) is 0 Å². The summed E-state index contributed by atoms with van der Waals surface area (Å²) in [6.45, 7) is 1.84. The van der Waals surface area contributed by atoms with Crippen molar-refractivity contribution in [3.8, 4) is 0 Å². The first-order valence-corrected chi connectivity index (χ1v) is 6.56. The average Bonchev–Trinajstić information content (AvgIpc) is 2.41. The first kappa shape index (κ1) is 18.6. The molecule has 0 rings (SSSR count). The van der Waals surface area contributed by atoms with Crippen molar-refractivity contribution in [1.82, 2.24) is 10.6 Å². The number of amides is 2. The van der Waals surface area contributed by atoms with Crippen LogP contribution >= 0.6 is 0 Å². The Morgan fingerprint density at radius 3 is 2.55 bits per heavy atom. The molecule has 2 amide bonds. The monoisotopic (exact) mass is 292 g/mol. The summed E-state index contributed by atoms with van der Waals surface area (Å²) in [5.41, 5.74) is 0. The molecule has 8 heteroatoms. The van der Waals surface area contributed by atoms with Crippen molar-refractivity contribution in [2.75, 3.05) is 40.1 Å². The minimum absolute atomic E-state index is 0.0178. The molecule has 0 heterocycles. The predicted molar refractivity (Wildman–Crippen MR) is 71.6 cm³/mol. The number of carboxylic acids is 1. The van der Waals surface area contributed by atoms with Crippen LogP contribution in [0.3, 0.4) is 0 Å². The molecule has 20 heavy (non-hydrogen) atoms. The fraction of sp³-hybridized carbons (Fsp3) is 0.833. The molecule has 0 unspecified atom stereocenters. The molecule has 0 saturated carbocycles. The zero-order chi connectivity index (χ0) is 15.2. The summed E-state index contributed by atoms with van der Waals surface area (Å²) in [7, 11) is 1.60. The molecule has 118 valence electrons. The Kier molecular flexibility index (Phi) is 11.8. The first-order valence-electron chi connectivity index (χ1n) is 6.56. The Morgan fingerprint density at radius 1 is 1.20 bits per heavy atom. The molecule has 8 nitrogen and oxygen atoms in total. The highest BCUT2D eigenvalue weighted by Crippen LogP contribution is 1.92. The highest BCUT2D eigenvalue weighted by atomic mass is 16.5. The number of nitrogens with one attached hydrogen (secondary N) is 2. The molecule has 0 aliphatic carbocycles. The summed E-state index contributed by atoms with van der Waals surface area (Å²) in [5.74, 6) is -1.17. The maximum absolute atomic E-state index is 11.4. The maximum atomic E-state index is 11.4. The maximum Gasteiger partial charge on any atom is 0.326 e. The van der Waals surface area contributed by atoms with Gasteiger partial charge in [-0.1, -0.05) is 0 Å². The molecule has 0 spiro atoms. The number of ether oxygens (including phenoxy) is 2. The molecule has 4 N–H and O–H groups in total. The van der Waals surface area contributed by atoms with E-state index in [1.54, 1.807) is 7.11 Å². The average molecular weight is 292 g/mol. The van der Waals surface area contributed by atoms with E-state index in [9.17, 15) is 9.59 Å². The van der Waals surface area contributed by atoms with Crippen LogP contribution in [0.4, 0.5) is 4.79 Å². The molecule has 0 aromatic heterocycles. The van der Waals surface area contributed by atoms with Crippen LogP contribution in [-0.2, 0) is 14.3 Å². The van der Waals surface area contributed by atoms with E-state index >= 15 is 0 Å². The third-order valence-electron chi connectivity index (χ3n) is 2.45. The van der Waals surface area contributed by atoms with E-state index in [1.807, 2.05) is 0 Å². The van der Waals surface area contributed by atoms with Crippen LogP contribution < -0.4 is 10.6 Å². The summed E-state index contributed by atoms with van der Waals surface area (Å²) in [6, 6.07) is -1.62. The van der Waals surface area contributed by atoms with Gasteiger partial charge in [-0.3, -0.25) is 0 Å². The Bertz CT molecular complexity index is 275. The number of urea groups is 1. The van der Waals surface area contributed by atoms with E-state index in [1.165, 1.54) is 0 Å². The van der Waals surface area contributed by atoms with Gasteiger partial charge in [0.1, 0.15) is 6.04 Å². The lowest BCUT2D eigenvalue weighted by Crippen LogP contribution is -2.46. The predicted octanol–water partition coefficient (Wildman–Crippen LogP) is -0.436. The number of hydrogen-bond donors (Lipinski definition) is 4. The van der Waals surface area contributed by atoms with Gasteiger partial charge in [0.2, 0.25) is 0 Å². The number of hydrogen-bond acceptors (Lipinski definition) is 5. The van der Waals surface area contributed by atoms with Crippen LogP contribution in [0.1, 0.15) is 19.3 Å². The molecule has 0 fully saturated rings. The van der Waals surface area contributed by atoms with Gasteiger partial charge in [-0.05, 0) is 12.8 Å². The second kappa shape index (κ2) is 12.6. The number of methoxy groups -OCH3 is 1. The fourth-order valence-corrected chi connectivity index (χ4v) is 1.37. The van der Waals surface area contributed by atoms with Crippen molar-refractivity contribution in [3.63, 3.8) is 0 Å². The minimum Gasteiger partial charge on any atom is -0.480 e. The van der Waals surface area contributed by atoms with Gasteiger partial charge < -0.3 is 30.3 Å². The highest BCUT2D eigenvalue weighted by Gasteiger charge is 2.18. The quantitative estimate of drug-likeness (QED) is 0.362. The number of carbonyl (C=O) groups is 2. The lowest BCUT2D eigenvalue weighted by molar-refractivity contribution is -0.139. The summed E-state index contributed by atoms with van der Waals surface area (Å²) in [6.07, 6.45) is 1.51. The molecule has 0 aromatic carbocycles. The molecule has 1 atom stereocenters. The highest BCUT2D eigenvalue weighted by molar-refractivity contribution is 5.82. The molecular weight excluding hydrogens is 268 g/mol. The molecule has 0 saturated heterocycles. The number of aliphatic hydroxyl groups excluding tert-OH is 1. The fourth-order valence-electron chi connectivity index (χ4n) is 1.37. The van der Waals surface area contributed by atoms with Crippen molar-refractivity contribution in [3.05, 3.63) is 0 Å². The Balaban J connectivity index is 3.55. The van der Waals surface area contributed by atoms with E-state index in [0.29, 0.717) is 26.4 Å². The normalized spacial score (nSPS) is 11.9. The Morgan fingerprint density at radius 2 is 1.95 bits per heavy atom. The van der Waals surface area contributed by atoms with Gasteiger partial charge in [-0.15, -0.1) is 0 Å². The molecule has 0 aliphatic rings. The van der Waals surface area contributed by atoms with Gasteiger partial charge in [0.25, 0.3) is 0 Å². The second-order valence-electron chi connectivity index (χ2n) is 4.12. The van der Waals surface area contributed by atoms with Gasteiger partial charge in [0.05, 0.1) is 13.2 Å². The van der Waals surface area contributed by atoms with Gasteiger partial charge >= 0.3 is 12.0 Å². The Hall–Kier alpha value is -1.38. The van der Waals surface area contributed by atoms with Crippen molar-refractivity contribution < 1.29 is 29.3 Å². The van der Waals surface area contributed by atoms with E-state index in [-0.39, 0.29) is 13.0 Å². The lowest BCUT2D eigenvalue weighted by Gasteiger charge is -2.13. The molecular formula is C12H24N2O6. The van der Waals surface area contributed by atoms with E-state index in [2.05, 4.69) is 10.6 Å². The lowest BCUT2D eigenvalue weighted by atomic mass is 10.2. The summed E-state index contributed by atoms with van der Waals surface area (Å²) in [4.78, 5) is 22.1. The third kappa shape index (κ3) is 10.5. The van der Waals surface area contributed by atoms with Crippen molar-refractivity contribution in [2.24, 2.45) is 0 Å². The SMILES string of the molecule is COCCOCCCCNC(=O)N[C@@H](CCO)C(=O)O. The standard InChI is InChI=1S/C12H24N2O6/c1-19-8-9-20-7-3-2-5-13-12(18)14-10(4-6-15)11(16)17/h10,15H,2-9H2,1H3,(H,16,17)(H2,13,14,18)/t10-/m0/s1. The largest absolute Gasteiger partial charge is 0.480 e. The summed E-state index contributed by atoms with van der Waals surface area (Å²) < 4.78 is 10.1. The molecule has 0 radical (unpaired) electrons. The smallest absolute Gasteiger partial charge is 0.326 e. The van der Waals surface area contributed by atoms with Crippen molar-refractivity contribution in [2.45, 2.75) is 25.3 Å². The second-order valence-corrected chi connectivity index (χ2v) is 4.12. The van der Waals surface area contributed by atoms with Crippen LogP contribution in [-0.4, -0.2) is 68.3 Å². The van der Waals surface area contributed by atoms with Crippen LogP contribution in [0.5, 0.6) is 0 Å². The number of aliphatic hydroxyl groups is 1. The van der Waals surface area contributed by atoms with Gasteiger partial charge in [-0.2, -0.15) is 0 Å². The van der Waals surface area contributed by atoms with Crippen molar-refractivity contribution in [1.29, 1.82) is 0 Å². The van der Waals surface area contributed by atoms with Crippen LogP contribution in [0.15, 0.2) is 0 Å². The molecule has 0 aliphatic heterocycles. The number of unbranched alkanes of at least 4 members (excludes halogenated alkanes) is 1. The summed E-state index contributed by atoms with van der Waals surface area (Å²) in [5, 5.41) is 22.3.